The van der Waals surface area contributed by atoms with Gasteiger partial charge in [0.05, 0.1) is 5.92 Å². The van der Waals surface area contributed by atoms with E-state index in [1.165, 1.54) is 12.8 Å². The third-order valence-corrected chi connectivity index (χ3v) is 4.46. The number of amides is 1. The van der Waals surface area contributed by atoms with Gasteiger partial charge in [0.25, 0.3) is 0 Å². The molecule has 1 saturated heterocycles. The summed E-state index contributed by atoms with van der Waals surface area (Å²) in [4.78, 5) is 24.8. The van der Waals surface area contributed by atoms with Crippen LogP contribution >= 0.6 is 0 Å². The van der Waals surface area contributed by atoms with Crippen LogP contribution in [0.25, 0.3) is 0 Å². The highest BCUT2D eigenvalue weighted by Crippen LogP contribution is 2.29. The van der Waals surface area contributed by atoms with Gasteiger partial charge in [-0.1, -0.05) is 0 Å². The Morgan fingerprint density at radius 2 is 2.18 bits per heavy atom. The van der Waals surface area contributed by atoms with Crippen LogP contribution < -0.4 is 10.2 Å². The highest BCUT2D eigenvalue weighted by molar-refractivity contribution is 5.79. The SMILES string of the molecule is CN(C)C(=O)[C@@H]1CCCN(c2cc(NCC3CC3)ncn2)C1. The Balaban J connectivity index is 1.64. The van der Waals surface area contributed by atoms with E-state index in [-0.39, 0.29) is 11.8 Å². The van der Waals surface area contributed by atoms with E-state index in [4.69, 9.17) is 0 Å². The molecule has 1 N–H and O–H groups in total. The minimum Gasteiger partial charge on any atom is -0.370 e. The minimum atomic E-state index is 0.0709. The first-order chi connectivity index (χ1) is 10.6. The first-order valence-electron chi connectivity index (χ1n) is 8.15. The molecule has 6 nitrogen and oxygen atoms in total. The van der Waals surface area contributed by atoms with Crippen LogP contribution in [0, 0.1) is 11.8 Å². The second-order valence-electron chi connectivity index (χ2n) is 6.60. The summed E-state index contributed by atoms with van der Waals surface area (Å²) in [6, 6.07) is 2.00. The van der Waals surface area contributed by atoms with Gasteiger partial charge in [0, 0.05) is 39.8 Å². The van der Waals surface area contributed by atoms with Crippen molar-refractivity contribution in [3.05, 3.63) is 12.4 Å². The van der Waals surface area contributed by atoms with Crippen molar-refractivity contribution < 1.29 is 4.79 Å². The number of rotatable bonds is 5. The number of hydrogen-bond donors (Lipinski definition) is 1. The minimum absolute atomic E-state index is 0.0709. The van der Waals surface area contributed by atoms with Gasteiger partial charge >= 0.3 is 0 Å². The first kappa shape index (κ1) is 15.1. The molecule has 22 heavy (non-hydrogen) atoms. The number of piperidine rings is 1. The lowest BCUT2D eigenvalue weighted by Gasteiger charge is -2.34. The molecule has 1 aliphatic heterocycles. The number of nitrogens with one attached hydrogen (secondary N) is 1. The molecular weight excluding hydrogens is 278 g/mol. The average Bonchev–Trinajstić information content (AvgIpc) is 3.37. The van der Waals surface area contributed by atoms with E-state index in [1.54, 1.807) is 11.2 Å². The van der Waals surface area contributed by atoms with E-state index in [2.05, 4.69) is 20.2 Å². The molecule has 1 aromatic rings. The third kappa shape index (κ3) is 3.67. The van der Waals surface area contributed by atoms with Crippen LogP contribution in [0.5, 0.6) is 0 Å². The molecule has 120 valence electrons. The normalized spacial score (nSPS) is 21.5. The molecule has 0 bridgehead atoms. The molecule has 0 unspecified atom stereocenters. The van der Waals surface area contributed by atoms with Gasteiger partial charge < -0.3 is 15.1 Å². The number of hydrogen-bond acceptors (Lipinski definition) is 5. The Labute approximate surface area is 131 Å². The fourth-order valence-corrected chi connectivity index (χ4v) is 2.94. The third-order valence-electron chi connectivity index (χ3n) is 4.46. The number of aromatic nitrogens is 2. The zero-order valence-electron chi connectivity index (χ0n) is 13.5. The van der Waals surface area contributed by atoms with E-state index in [1.807, 2.05) is 20.2 Å². The standard InChI is InChI=1S/C16H25N5O/c1-20(2)16(22)13-4-3-7-21(10-13)15-8-14(18-11-19-15)17-9-12-5-6-12/h8,11-13H,3-7,9-10H2,1-2H3,(H,17,18,19)/t13-/m1/s1. The van der Waals surface area contributed by atoms with Crippen molar-refractivity contribution in [1.29, 1.82) is 0 Å². The van der Waals surface area contributed by atoms with Crippen molar-refractivity contribution in [3.63, 3.8) is 0 Å². The molecule has 1 saturated carbocycles. The Bertz CT molecular complexity index is 529. The molecule has 0 radical (unpaired) electrons. The summed E-state index contributed by atoms with van der Waals surface area (Å²) < 4.78 is 0. The van der Waals surface area contributed by atoms with Crippen LogP contribution in [0.15, 0.2) is 12.4 Å². The highest BCUT2D eigenvalue weighted by Gasteiger charge is 2.27. The van der Waals surface area contributed by atoms with Gasteiger partial charge in [-0.25, -0.2) is 9.97 Å². The predicted molar refractivity (Wildman–Crippen MR) is 86.9 cm³/mol. The van der Waals surface area contributed by atoms with E-state index in [9.17, 15) is 4.79 Å². The lowest BCUT2D eigenvalue weighted by atomic mass is 9.97. The molecule has 6 heteroatoms. The van der Waals surface area contributed by atoms with Crippen molar-refractivity contribution in [2.75, 3.05) is 43.9 Å². The predicted octanol–water partition coefficient (Wildman–Crippen LogP) is 1.60. The smallest absolute Gasteiger partial charge is 0.226 e. The van der Waals surface area contributed by atoms with Gasteiger partial charge in [-0.2, -0.15) is 0 Å². The number of anilines is 2. The van der Waals surface area contributed by atoms with E-state index >= 15 is 0 Å². The maximum absolute atomic E-state index is 12.2. The number of carbonyl (C=O) groups is 1. The zero-order chi connectivity index (χ0) is 15.5. The highest BCUT2D eigenvalue weighted by atomic mass is 16.2. The summed E-state index contributed by atoms with van der Waals surface area (Å²) in [6.45, 7) is 2.70. The second kappa shape index (κ2) is 6.50. The van der Waals surface area contributed by atoms with Crippen LogP contribution in [0.1, 0.15) is 25.7 Å². The average molecular weight is 303 g/mol. The zero-order valence-corrected chi connectivity index (χ0v) is 13.5. The Morgan fingerprint density at radius 3 is 2.91 bits per heavy atom. The van der Waals surface area contributed by atoms with Gasteiger partial charge in [0.15, 0.2) is 0 Å². The van der Waals surface area contributed by atoms with Crippen molar-refractivity contribution in [2.24, 2.45) is 11.8 Å². The van der Waals surface area contributed by atoms with Crippen LogP contribution in [0.4, 0.5) is 11.6 Å². The van der Waals surface area contributed by atoms with Crippen molar-refractivity contribution in [2.45, 2.75) is 25.7 Å². The molecule has 3 rings (SSSR count). The molecule has 0 spiro atoms. The van der Waals surface area contributed by atoms with Gasteiger partial charge in [0.2, 0.25) is 5.91 Å². The van der Waals surface area contributed by atoms with E-state index < -0.39 is 0 Å². The Hall–Kier alpha value is -1.85. The molecule has 2 fully saturated rings. The quantitative estimate of drug-likeness (QED) is 0.895. The van der Waals surface area contributed by atoms with E-state index in [0.717, 1.165) is 50.0 Å². The maximum atomic E-state index is 12.2. The number of nitrogens with zero attached hydrogens (tertiary/aromatic N) is 4. The molecule has 2 aliphatic rings. The first-order valence-corrected chi connectivity index (χ1v) is 8.15. The number of carbonyl (C=O) groups excluding carboxylic acids is 1. The lowest BCUT2D eigenvalue weighted by molar-refractivity contribution is -0.133. The summed E-state index contributed by atoms with van der Waals surface area (Å²) in [5.41, 5.74) is 0. The van der Waals surface area contributed by atoms with Crippen molar-refractivity contribution in [3.8, 4) is 0 Å². The molecule has 1 amide bonds. The molecule has 2 heterocycles. The van der Waals surface area contributed by atoms with E-state index in [0.29, 0.717) is 0 Å². The summed E-state index contributed by atoms with van der Waals surface area (Å²) >= 11 is 0. The van der Waals surface area contributed by atoms with Crippen molar-refractivity contribution >= 4 is 17.5 Å². The summed E-state index contributed by atoms with van der Waals surface area (Å²) in [5, 5.41) is 3.39. The Morgan fingerprint density at radius 1 is 1.36 bits per heavy atom. The summed E-state index contributed by atoms with van der Waals surface area (Å²) in [5.74, 6) is 2.91. The van der Waals surface area contributed by atoms with Crippen LogP contribution in [0.3, 0.4) is 0 Å². The summed E-state index contributed by atoms with van der Waals surface area (Å²) in [6.07, 6.45) is 6.25. The van der Waals surface area contributed by atoms with Crippen LogP contribution in [-0.4, -0.2) is 54.5 Å². The second-order valence-corrected chi connectivity index (χ2v) is 6.60. The molecule has 0 aromatic carbocycles. The van der Waals surface area contributed by atoms with Crippen LogP contribution in [-0.2, 0) is 4.79 Å². The van der Waals surface area contributed by atoms with Gasteiger partial charge in [-0.05, 0) is 31.6 Å². The van der Waals surface area contributed by atoms with Crippen LogP contribution in [0.2, 0.25) is 0 Å². The maximum Gasteiger partial charge on any atom is 0.226 e. The molecule has 1 aliphatic carbocycles. The molecular formula is C16H25N5O. The molecule has 1 atom stereocenters. The Kier molecular flexibility index (Phi) is 4.45. The fraction of sp³-hybridized carbons (Fsp3) is 0.688. The largest absolute Gasteiger partial charge is 0.370 e. The van der Waals surface area contributed by atoms with Crippen molar-refractivity contribution in [1.82, 2.24) is 14.9 Å². The summed E-state index contributed by atoms with van der Waals surface area (Å²) in [7, 11) is 3.65. The monoisotopic (exact) mass is 303 g/mol. The van der Waals surface area contributed by atoms with Gasteiger partial charge in [-0.15, -0.1) is 0 Å². The van der Waals surface area contributed by atoms with Gasteiger partial charge in [-0.3, -0.25) is 4.79 Å². The lowest BCUT2D eigenvalue weighted by Crippen LogP contribution is -2.43. The topological polar surface area (TPSA) is 61.4 Å². The molecule has 1 aromatic heterocycles. The fourth-order valence-electron chi connectivity index (χ4n) is 2.94. The van der Waals surface area contributed by atoms with Gasteiger partial charge in [0.1, 0.15) is 18.0 Å².